The summed E-state index contributed by atoms with van der Waals surface area (Å²) in [5.74, 6) is -0.340. The SMILES string of the molecule is C=C/C=c1/oc(=O)n(C)/c1=C/CC.CC. The highest BCUT2D eigenvalue weighted by atomic mass is 16.4. The van der Waals surface area contributed by atoms with E-state index in [0.29, 0.717) is 5.42 Å². The van der Waals surface area contributed by atoms with E-state index in [0.717, 1.165) is 11.8 Å². The highest BCUT2D eigenvalue weighted by Crippen LogP contribution is 1.73. The first-order valence-electron chi connectivity index (χ1n) is 5.19. The summed E-state index contributed by atoms with van der Waals surface area (Å²) in [5, 5.41) is 0.812. The predicted octanol–water partition coefficient (Wildman–Crippen LogP) is 1.16. The lowest BCUT2D eigenvalue weighted by Gasteiger charge is -1.84. The quantitative estimate of drug-likeness (QED) is 0.732. The molecule has 0 saturated heterocycles. The van der Waals surface area contributed by atoms with Gasteiger partial charge in [-0.1, -0.05) is 39.5 Å². The minimum atomic E-state index is -0.340. The molecular formula is C12H19NO2. The van der Waals surface area contributed by atoms with Crippen LogP contribution >= 0.6 is 0 Å². The second-order valence-electron chi connectivity index (χ2n) is 2.69. The van der Waals surface area contributed by atoms with Crippen molar-refractivity contribution in [1.29, 1.82) is 0 Å². The van der Waals surface area contributed by atoms with Crippen molar-refractivity contribution in [2.45, 2.75) is 27.2 Å². The largest absolute Gasteiger partial charge is 0.419 e. The summed E-state index contributed by atoms with van der Waals surface area (Å²) in [6.45, 7) is 9.56. The molecule has 1 rings (SSSR count). The summed E-state index contributed by atoms with van der Waals surface area (Å²) in [6, 6.07) is 0. The molecule has 1 aromatic heterocycles. The van der Waals surface area contributed by atoms with Gasteiger partial charge in [-0.05, 0) is 12.5 Å². The van der Waals surface area contributed by atoms with Crippen molar-refractivity contribution < 1.29 is 4.42 Å². The molecule has 0 radical (unpaired) electrons. The van der Waals surface area contributed by atoms with E-state index >= 15 is 0 Å². The fourth-order valence-electron chi connectivity index (χ4n) is 1.14. The van der Waals surface area contributed by atoms with Gasteiger partial charge in [-0.2, -0.15) is 0 Å². The average Bonchev–Trinajstić information content (AvgIpc) is 2.50. The van der Waals surface area contributed by atoms with E-state index in [1.54, 1.807) is 19.2 Å². The van der Waals surface area contributed by atoms with Gasteiger partial charge in [-0.25, -0.2) is 4.79 Å². The van der Waals surface area contributed by atoms with Crippen LogP contribution in [0.25, 0.3) is 12.2 Å². The molecule has 3 heteroatoms. The molecule has 0 spiro atoms. The minimum absolute atomic E-state index is 0.340. The normalized spacial score (nSPS) is 12.3. The highest BCUT2D eigenvalue weighted by molar-refractivity contribution is 5.33. The smallest absolute Gasteiger partial charge is 0.408 e. The lowest BCUT2D eigenvalue weighted by atomic mass is 10.4. The van der Waals surface area contributed by atoms with E-state index < -0.39 is 0 Å². The minimum Gasteiger partial charge on any atom is -0.408 e. The molecule has 0 aliphatic rings. The Balaban J connectivity index is 0.000000921. The molecule has 0 fully saturated rings. The summed E-state index contributed by atoms with van der Waals surface area (Å²) in [4.78, 5) is 11.1. The molecule has 84 valence electrons. The number of aromatic nitrogens is 1. The van der Waals surface area contributed by atoms with Crippen LogP contribution in [0.1, 0.15) is 27.2 Å². The van der Waals surface area contributed by atoms with E-state index in [2.05, 4.69) is 6.58 Å². The number of hydrogen-bond donors (Lipinski definition) is 0. The standard InChI is InChI=1S/C10H13NO2.C2H6/c1-4-6-8-9(7-5-2)13-10(12)11(8)3;1-2/h5-7H,2,4H2,1,3H3;1-2H3/b8-6+,9-7+;. The van der Waals surface area contributed by atoms with Gasteiger partial charge < -0.3 is 4.42 Å². The van der Waals surface area contributed by atoms with Crippen LogP contribution in [-0.2, 0) is 7.05 Å². The monoisotopic (exact) mass is 209 g/mol. The first-order valence-corrected chi connectivity index (χ1v) is 5.19. The van der Waals surface area contributed by atoms with Crippen molar-refractivity contribution in [3.8, 4) is 0 Å². The Labute approximate surface area is 90.0 Å². The second-order valence-corrected chi connectivity index (χ2v) is 2.69. The van der Waals surface area contributed by atoms with Crippen molar-refractivity contribution >= 4 is 12.2 Å². The zero-order valence-electron chi connectivity index (χ0n) is 9.91. The number of nitrogens with zero attached hydrogens (tertiary/aromatic N) is 1. The van der Waals surface area contributed by atoms with Gasteiger partial charge in [0.05, 0.1) is 5.35 Å². The molecule has 1 aromatic rings. The molecule has 0 atom stereocenters. The molecule has 3 nitrogen and oxygen atoms in total. The first-order chi connectivity index (χ1) is 7.20. The molecular weight excluding hydrogens is 190 g/mol. The third-order valence-corrected chi connectivity index (χ3v) is 1.75. The maximum Gasteiger partial charge on any atom is 0.419 e. The van der Waals surface area contributed by atoms with Crippen LogP contribution in [0.2, 0.25) is 0 Å². The van der Waals surface area contributed by atoms with Crippen molar-refractivity contribution in [2.75, 3.05) is 0 Å². The zero-order chi connectivity index (χ0) is 11.8. The maximum absolute atomic E-state index is 11.1. The van der Waals surface area contributed by atoms with Gasteiger partial charge in [-0.15, -0.1) is 0 Å². The Morgan fingerprint density at radius 2 is 2.07 bits per heavy atom. The highest BCUT2D eigenvalue weighted by Gasteiger charge is 1.98. The van der Waals surface area contributed by atoms with E-state index in [1.165, 1.54) is 4.57 Å². The Bertz CT molecular complexity index is 463. The van der Waals surface area contributed by atoms with E-state index in [-0.39, 0.29) is 5.76 Å². The lowest BCUT2D eigenvalue weighted by molar-refractivity contribution is 0.470. The molecule has 0 aliphatic heterocycles. The summed E-state index contributed by atoms with van der Waals surface area (Å²) < 4.78 is 6.47. The fraction of sp³-hybridized carbons (Fsp3) is 0.417. The molecule has 1 heterocycles. The van der Waals surface area contributed by atoms with Gasteiger partial charge in [0.25, 0.3) is 0 Å². The fourth-order valence-corrected chi connectivity index (χ4v) is 1.14. The van der Waals surface area contributed by atoms with Gasteiger partial charge in [0, 0.05) is 7.05 Å². The zero-order valence-corrected chi connectivity index (χ0v) is 9.91. The van der Waals surface area contributed by atoms with Crippen molar-refractivity contribution in [3.05, 3.63) is 34.0 Å². The van der Waals surface area contributed by atoms with Gasteiger partial charge >= 0.3 is 5.76 Å². The molecule has 0 saturated carbocycles. The summed E-state index contributed by atoms with van der Waals surface area (Å²) in [7, 11) is 1.69. The summed E-state index contributed by atoms with van der Waals surface area (Å²) in [6.07, 6.45) is 6.10. The van der Waals surface area contributed by atoms with Crippen LogP contribution in [0.3, 0.4) is 0 Å². The Morgan fingerprint density at radius 1 is 1.47 bits per heavy atom. The van der Waals surface area contributed by atoms with E-state index in [4.69, 9.17) is 4.42 Å². The van der Waals surface area contributed by atoms with Crippen LogP contribution < -0.4 is 16.5 Å². The number of oxazole rings is 1. The maximum atomic E-state index is 11.1. The second kappa shape index (κ2) is 6.87. The van der Waals surface area contributed by atoms with Crippen molar-refractivity contribution in [3.63, 3.8) is 0 Å². The van der Waals surface area contributed by atoms with Crippen LogP contribution in [0.15, 0.2) is 21.9 Å². The van der Waals surface area contributed by atoms with Crippen LogP contribution in [0, 0.1) is 0 Å². The first kappa shape index (κ1) is 13.5. The number of allylic oxidation sites excluding steroid dienone is 1. The Hall–Kier alpha value is -1.51. The molecule has 15 heavy (non-hydrogen) atoms. The molecule has 0 aromatic carbocycles. The van der Waals surface area contributed by atoms with Gasteiger partial charge in [0.1, 0.15) is 0 Å². The van der Waals surface area contributed by atoms with E-state index in [1.807, 2.05) is 26.8 Å². The Kier molecular flexibility index (Phi) is 6.18. The van der Waals surface area contributed by atoms with Crippen LogP contribution in [0.5, 0.6) is 0 Å². The average molecular weight is 209 g/mol. The molecule has 0 unspecified atom stereocenters. The number of hydrogen-bond acceptors (Lipinski definition) is 2. The Morgan fingerprint density at radius 3 is 2.53 bits per heavy atom. The summed E-state index contributed by atoms with van der Waals surface area (Å²) in [5.41, 5.74) is 0.573. The topological polar surface area (TPSA) is 35.1 Å². The van der Waals surface area contributed by atoms with Crippen molar-refractivity contribution in [2.24, 2.45) is 7.05 Å². The van der Waals surface area contributed by atoms with Gasteiger partial charge in [0.2, 0.25) is 0 Å². The third kappa shape index (κ3) is 3.27. The third-order valence-electron chi connectivity index (χ3n) is 1.75. The van der Waals surface area contributed by atoms with E-state index in [9.17, 15) is 4.79 Å². The van der Waals surface area contributed by atoms with Crippen molar-refractivity contribution in [1.82, 2.24) is 4.57 Å². The molecule has 0 amide bonds. The van der Waals surface area contributed by atoms with Crippen LogP contribution in [-0.4, -0.2) is 4.57 Å². The molecule has 0 bridgehead atoms. The predicted molar refractivity (Wildman–Crippen MR) is 64.0 cm³/mol. The number of rotatable bonds is 2. The van der Waals surface area contributed by atoms with Crippen LogP contribution in [0.4, 0.5) is 0 Å². The van der Waals surface area contributed by atoms with Gasteiger partial charge in [-0.3, -0.25) is 4.57 Å². The molecule has 0 aliphatic carbocycles. The lowest BCUT2D eigenvalue weighted by Crippen LogP contribution is -2.29. The van der Waals surface area contributed by atoms with Gasteiger partial charge in [0.15, 0.2) is 5.42 Å². The summed E-state index contributed by atoms with van der Waals surface area (Å²) >= 11 is 0. The molecule has 0 N–H and O–H groups in total.